The molecule has 0 fully saturated rings. The van der Waals surface area contributed by atoms with E-state index in [-0.39, 0.29) is 32.7 Å². The Labute approximate surface area is 171 Å². The zero-order valence-corrected chi connectivity index (χ0v) is 16.6. The Balaban J connectivity index is 1.84. The molecule has 28 heavy (non-hydrogen) atoms. The summed E-state index contributed by atoms with van der Waals surface area (Å²) in [6, 6.07) is 11.7. The smallest absolute Gasteiger partial charge is 0.272 e. The van der Waals surface area contributed by atoms with E-state index < -0.39 is 5.91 Å². The molecule has 1 heterocycles. The van der Waals surface area contributed by atoms with Crippen LogP contribution in [0.5, 0.6) is 11.5 Å². The largest absolute Gasteiger partial charge is 0.504 e. The molecule has 2 aromatic carbocycles. The van der Waals surface area contributed by atoms with E-state index in [4.69, 9.17) is 23.2 Å². The summed E-state index contributed by atoms with van der Waals surface area (Å²) in [4.78, 5) is 12.5. The molecule has 0 radical (unpaired) electrons. The van der Waals surface area contributed by atoms with Crippen molar-refractivity contribution in [3.05, 3.63) is 75.0 Å². The van der Waals surface area contributed by atoms with E-state index in [2.05, 4.69) is 10.5 Å². The van der Waals surface area contributed by atoms with Gasteiger partial charge in [-0.25, -0.2) is 5.43 Å². The van der Waals surface area contributed by atoms with Gasteiger partial charge in [0.05, 0.1) is 16.8 Å². The summed E-state index contributed by atoms with van der Waals surface area (Å²) in [5, 5.41) is 23.7. The molecule has 3 aromatic rings. The molecule has 0 spiro atoms. The van der Waals surface area contributed by atoms with Crippen LogP contribution in [0.2, 0.25) is 10.0 Å². The van der Waals surface area contributed by atoms with Gasteiger partial charge in [-0.05, 0) is 50.2 Å². The molecule has 0 saturated heterocycles. The first-order valence-electron chi connectivity index (χ1n) is 8.27. The number of benzene rings is 2. The van der Waals surface area contributed by atoms with Gasteiger partial charge in [-0.15, -0.1) is 0 Å². The second-order valence-corrected chi connectivity index (χ2v) is 7.02. The molecular weight excluding hydrogens is 401 g/mol. The third-order valence-electron chi connectivity index (χ3n) is 4.18. The first-order valence-corrected chi connectivity index (χ1v) is 9.03. The van der Waals surface area contributed by atoms with E-state index in [0.29, 0.717) is 0 Å². The quantitative estimate of drug-likeness (QED) is 0.329. The van der Waals surface area contributed by atoms with Gasteiger partial charge >= 0.3 is 0 Å². The molecule has 6 nitrogen and oxygen atoms in total. The lowest BCUT2D eigenvalue weighted by Crippen LogP contribution is -2.18. The van der Waals surface area contributed by atoms with Crippen molar-refractivity contribution in [3.8, 4) is 17.2 Å². The van der Waals surface area contributed by atoms with E-state index in [1.165, 1.54) is 18.3 Å². The summed E-state index contributed by atoms with van der Waals surface area (Å²) in [6.45, 7) is 3.94. The van der Waals surface area contributed by atoms with Crippen molar-refractivity contribution >= 4 is 35.3 Å². The number of phenols is 2. The number of carbonyl (C=O) groups excluding carboxylic acids is 1. The van der Waals surface area contributed by atoms with Gasteiger partial charge in [-0.3, -0.25) is 4.79 Å². The number of hydrogen-bond acceptors (Lipinski definition) is 4. The Kier molecular flexibility index (Phi) is 5.63. The Morgan fingerprint density at radius 1 is 1.07 bits per heavy atom. The molecule has 3 N–H and O–H groups in total. The first kappa shape index (κ1) is 19.8. The maximum absolute atomic E-state index is 12.5. The van der Waals surface area contributed by atoms with Crippen LogP contribution in [0.15, 0.2) is 47.6 Å². The molecule has 1 aromatic heterocycles. The highest BCUT2D eigenvalue weighted by atomic mass is 35.5. The van der Waals surface area contributed by atoms with Crippen LogP contribution in [0.25, 0.3) is 5.69 Å². The van der Waals surface area contributed by atoms with Crippen LogP contribution in [0, 0.1) is 13.8 Å². The van der Waals surface area contributed by atoms with Crippen LogP contribution in [-0.2, 0) is 0 Å². The zero-order valence-electron chi connectivity index (χ0n) is 15.1. The van der Waals surface area contributed by atoms with Crippen LogP contribution in [0.3, 0.4) is 0 Å². The number of aromatic nitrogens is 1. The van der Waals surface area contributed by atoms with E-state index in [1.807, 2.05) is 36.6 Å². The fourth-order valence-corrected chi connectivity index (χ4v) is 3.25. The summed E-state index contributed by atoms with van der Waals surface area (Å²) < 4.78 is 2.00. The summed E-state index contributed by atoms with van der Waals surface area (Å²) in [5.74, 6) is -1.29. The van der Waals surface area contributed by atoms with Crippen molar-refractivity contribution in [3.63, 3.8) is 0 Å². The second kappa shape index (κ2) is 7.96. The van der Waals surface area contributed by atoms with Crippen LogP contribution in [0.4, 0.5) is 0 Å². The average Bonchev–Trinajstić information content (AvgIpc) is 2.98. The Hall–Kier alpha value is -2.96. The van der Waals surface area contributed by atoms with E-state index in [1.54, 1.807) is 12.1 Å². The van der Waals surface area contributed by atoms with Crippen molar-refractivity contribution < 1.29 is 15.0 Å². The Morgan fingerprint density at radius 3 is 2.43 bits per heavy atom. The standard InChI is InChI=1S/C20H17Cl2N3O3/c1-11-3-4-12(2)25(11)15-5-6-17(22)16(9-15)20(28)24-23-10-13-7-14(21)8-18(26)19(13)27/h3-10,26-27H,1-2H3,(H,24,28)/b23-10+. The highest BCUT2D eigenvalue weighted by molar-refractivity contribution is 6.34. The number of hydrogen-bond donors (Lipinski definition) is 3. The number of aryl methyl sites for hydroxylation is 2. The minimum Gasteiger partial charge on any atom is -0.504 e. The number of nitrogens with zero attached hydrogens (tertiary/aromatic N) is 2. The molecule has 0 atom stereocenters. The summed E-state index contributed by atoms with van der Waals surface area (Å²) >= 11 is 12.0. The highest BCUT2D eigenvalue weighted by Crippen LogP contribution is 2.31. The first-order chi connectivity index (χ1) is 13.3. The summed E-state index contributed by atoms with van der Waals surface area (Å²) in [5.41, 5.74) is 5.62. The van der Waals surface area contributed by atoms with Gasteiger partial charge in [0.1, 0.15) is 0 Å². The number of hydrazone groups is 1. The molecule has 8 heteroatoms. The number of carbonyl (C=O) groups is 1. The molecule has 0 aliphatic heterocycles. The molecular formula is C20H17Cl2N3O3. The molecule has 0 aliphatic carbocycles. The maximum Gasteiger partial charge on any atom is 0.272 e. The fourth-order valence-electron chi connectivity index (χ4n) is 2.83. The minimum absolute atomic E-state index is 0.156. The fraction of sp³-hybridized carbons (Fsp3) is 0.100. The number of nitrogens with one attached hydrogen (secondary N) is 1. The molecule has 0 aliphatic rings. The maximum atomic E-state index is 12.5. The van der Waals surface area contributed by atoms with Gasteiger partial charge in [0.15, 0.2) is 11.5 Å². The minimum atomic E-state index is -0.517. The molecule has 0 bridgehead atoms. The zero-order chi connectivity index (χ0) is 20.4. The van der Waals surface area contributed by atoms with Gasteiger partial charge in [0.25, 0.3) is 5.91 Å². The van der Waals surface area contributed by atoms with E-state index in [0.717, 1.165) is 17.1 Å². The number of phenolic OH excluding ortho intramolecular Hbond substituents is 2. The van der Waals surface area contributed by atoms with Gasteiger partial charge in [-0.2, -0.15) is 5.10 Å². The summed E-state index contributed by atoms with van der Waals surface area (Å²) in [6.07, 6.45) is 1.18. The third-order valence-corrected chi connectivity index (χ3v) is 4.73. The van der Waals surface area contributed by atoms with Crippen molar-refractivity contribution in [1.29, 1.82) is 0 Å². The lowest BCUT2D eigenvalue weighted by Gasteiger charge is -2.12. The molecule has 3 rings (SSSR count). The van der Waals surface area contributed by atoms with Gasteiger partial charge < -0.3 is 14.8 Å². The highest BCUT2D eigenvalue weighted by Gasteiger charge is 2.13. The normalized spacial score (nSPS) is 11.1. The topological polar surface area (TPSA) is 86.9 Å². The monoisotopic (exact) mass is 417 g/mol. The number of rotatable bonds is 4. The van der Waals surface area contributed by atoms with Gasteiger partial charge in [-0.1, -0.05) is 23.2 Å². The van der Waals surface area contributed by atoms with Crippen molar-refractivity contribution in [2.24, 2.45) is 5.10 Å². The lowest BCUT2D eigenvalue weighted by molar-refractivity contribution is 0.0955. The van der Waals surface area contributed by atoms with Crippen molar-refractivity contribution in [2.75, 3.05) is 0 Å². The Bertz CT molecular complexity index is 1070. The van der Waals surface area contributed by atoms with Crippen molar-refractivity contribution in [1.82, 2.24) is 9.99 Å². The summed E-state index contributed by atoms with van der Waals surface area (Å²) in [7, 11) is 0. The number of halogens is 2. The second-order valence-electron chi connectivity index (χ2n) is 6.18. The van der Waals surface area contributed by atoms with E-state index in [9.17, 15) is 15.0 Å². The average molecular weight is 418 g/mol. The van der Waals surface area contributed by atoms with Gasteiger partial charge in [0, 0.05) is 33.7 Å². The van der Waals surface area contributed by atoms with Crippen LogP contribution in [-0.4, -0.2) is 26.9 Å². The van der Waals surface area contributed by atoms with Gasteiger partial charge in [0.2, 0.25) is 0 Å². The predicted octanol–water partition coefficient (Wildman–Crippen LogP) is 4.58. The molecule has 0 unspecified atom stereocenters. The molecule has 1 amide bonds. The van der Waals surface area contributed by atoms with Crippen LogP contribution in [0.1, 0.15) is 27.3 Å². The van der Waals surface area contributed by atoms with Crippen LogP contribution >= 0.6 is 23.2 Å². The number of aromatic hydroxyl groups is 2. The SMILES string of the molecule is Cc1ccc(C)n1-c1ccc(Cl)c(C(=O)N/N=C/c2cc(Cl)cc(O)c2O)c1. The van der Waals surface area contributed by atoms with E-state index >= 15 is 0 Å². The lowest BCUT2D eigenvalue weighted by atomic mass is 10.2. The van der Waals surface area contributed by atoms with Crippen LogP contribution < -0.4 is 5.43 Å². The Morgan fingerprint density at radius 2 is 1.75 bits per heavy atom. The molecule has 0 saturated carbocycles. The third kappa shape index (κ3) is 3.98. The number of amides is 1. The van der Waals surface area contributed by atoms with Crippen molar-refractivity contribution in [2.45, 2.75) is 13.8 Å². The predicted molar refractivity (Wildman–Crippen MR) is 110 cm³/mol. The molecule has 144 valence electrons.